The highest BCUT2D eigenvalue weighted by molar-refractivity contribution is 5.98. The average Bonchev–Trinajstić information content (AvgIpc) is 0.717. The SMILES string of the molecule is CC.CC.CC.CC.CC.CC.CC.CC.CC.CC.CC.CC.CC.CC.CC.CC.CC.CC.FC(F)(F)C(c1ccccc1)(c1ccccc1)C(F)(F)F.c1ccc(-c2ccc(-c3ccccc3)cc2)cc1.c1ccc(-c2ccccc2)cc1.c1ccc(Cc2ccccc2)cc1.c1ccc(Oc2ccccc2)cc1.c1ccc2cc3ccccc3cc2c1.c1ccc2ccccc2c1.c1ccccc1.c1ccncc1. The molecular weight excluding hydrogens is 1840 g/mol. The van der Waals surface area contributed by atoms with Crippen molar-refractivity contribution in [3.05, 3.63) is 526 Å². The lowest BCUT2D eigenvalue weighted by Crippen LogP contribution is -2.54. The lowest BCUT2D eigenvalue weighted by atomic mass is 9.73. The Hall–Kier alpha value is -14.0. The fourth-order valence-corrected chi connectivity index (χ4v) is 12.0. The van der Waals surface area contributed by atoms with Crippen LogP contribution in [0.2, 0.25) is 0 Å². The number of benzene rings is 17. The number of para-hydroxylation sites is 2. The third-order valence-electron chi connectivity index (χ3n) is 17.6. The first kappa shape index (κ1) is 153. The summed E-state index contributed by atoms with van der Waals surface area (Å²) in [5, 5.41) is 7.87. The summed E-state index contributed by atoms with van der Waals surface area (Å²) in [6.45, 7) is 72.0. The van der Waals surface area contributed by atoms with Crippen molar-refractivity contribution in [3.63, 3.8) is 0 Å². The molecule has 0 aliphatic heterocycles. The maximum absolute atomic E-state index is 13.5. The summed E-state index contributed by atoms with van der Waals surface area (Å²) in [6, 6.07) is 158. The highest BCUT2D eigenvalue weighted by Gasteiger charge is 2.72. The van der Waals surface area contributed by atoms with Crippen LogP contribution >= 0.6 is 0 Å². The summed E-state index contributed by atoms with van der Waals surface area (Å²) >= 11 is 0. The molecule has 0 N–H and O–H groups in total. The highest BCUT2D eigenvalue weighted by Crippen LogP contribution is 2.56. The van der Waals surface area contributed by atoms with Crippen LogP contribution in [0.4, 0.5) is 26.3 Å². The number of nitrogens with zero attached hydrogens (tertiary/aromatic N) is 1. The molecule has 0 spiro atoms. The van der Waals surface area contributed by atoms with E-state index >= 15 is 0 Å². The summed E-state index contributed by atoms with van der Waals surface area (Å²) in [5.41, 5.74) is 4.59. The first-order valence-corrected chi connectivity index (χ1v) is 55.0. The van der Waals surface area contributed by atoms with Gasteiger partial charge in [0, 0.05) is 12.4 Å². The molecule has 0 amide bonds. The van der Waals surface area contributed by atoms with E-state index in [0.717, 1.165) is 66.5 Å². The Kier molecular flexibility index (Phi) is 117. The van der Waals surface area contributed by atoms with E-state index in [-0.39, 0.29) is 0 Å². The monoisotopic (exact) mass is 2030 g/mol. The van der Waals surface area contributed by atoms with Crippen LogP contribution in [0.1, 0.15) is 272 Å². The fraction of sp³-hybridized carbons (Fsp3) is 0.284. The molecule has 2 nitrogen and oxygen atoms in total. The van der Waals surface area contributed by atoms with Gasteiger partial charge in [-0.3, -0.25) is 4.98 Å². The lowest BCUT2D eigenvalue weighted by molar-refractivity contribution is -0.288. The van der Waals surface area contributed by atoms with E-state index < -0.39 is 28.9 Å². The van der Waals surface area contributed by atoms with Crippen molar-refractivity contribution in [2.24, 2.45) is 0 Å². The maximum Gasteiger partial charge on any atom is 0.411 e. The quantitative estimate of drug-likeness (QED) is 0.106. The van der Waals surface area contributed by atoms with Crippen LogP contribution in [-0.2, 0) is 11.8 Å². The number of halogens is 6. The minimum absolute atomic E-state index is 0.841. The predicted molar refractivity (Wildman–Crippen MR) is 664 cm³/mol. The molecule has 0 aliphatic rings. The molecule has 17 aromatic carbocycles. The van der Waals surface area contributed by atoms with E-state index in [1.54, 1.807) is 12.4 Å². The highest BCUT2D eigenvalue weighted by atomic mass is 19.4. The minimum Gasteiger partial charge on any atom is -0.457 e. The van der Waals surface area contributed by atoms with Gasteiger partial charge < -0.3 is 4.74 Å². The number of ether oxygens (including phenoxy) is 1. The van der Waals surface area contributed by atoms with Gasteiger partial charge in [-0.05, 0) is 143 Å². The Bertz CT molecular complexity index is 4970. The standard InChI is InChI=1S/C18H14.C15H10F6.C14H10.C13H12.C12H10O.C12H10.C10H8.C6H6.C5H5N.18C2H6/c1-3-7-15(8-4-1)17-11-13-18(14-12-17)16-9-5-2-6-10-16;16-14(17,18)13(15(19,20)21,11-7-3-1-4-8-11)12-9-5-2-6-10-12;1-2-6-12-10-14-8-4-3-7-13(14)9-11(12)5-1;1-3-7-12(8-4-1)11-13-9-5-2-6-10-13;1-3-7-11(8-4-1)13-12-9-5-2-6-10-12;1-3-7-11(8-4-1)12-9-5-2-6-10-12;1-2-6-10-8-4-3-7-9(10)5-1;2*1-2-4-6-5-3-1;18*1-2/h1-14H;1-10H;1-10H;1-10H,11H2;1-10H;1-10H;1-8H;1-6H;1-5H;18*1-2H3. The Labute approximate surface area is 906 Å². The summed E-state index contributed by atoms with van der Waals surface area (Å²) in [6.07, 6.45) is -6.51. The zero-order valence-corrected chi connectivity index (χ0v) is 98.3. The number of pyridine rings is 1. The summed E-state index contributed by atoms with van der Waals surface area (Å²) in [4.78, 5) is 3.78. The molecule has 0 bridgehead atoms. The van der Waals surface area contributed by atoms with Crippen molar-refractivity contribution >= 4 is 32.3 Å². The van der Waals surface area contributed by atoms with Gasteiger partial charge in [0.15, 0.2) is 0 Å². The number of hydrogen-bond donors (Lipinski definition) is 0. The second-order valence-electron chi connectivity index (χ2n) is 25.5. The van der Waals surface area contributed by atoms with Gasteiger partial charge in [-0.25, -0.2) is 0 Å². The van der Waals surface area contributed by atoms with E-state index in [2.05, 4.69) is 296 Å². The van der Waals surface area contributed by atoms with Crippen molar-refractivity contribution < 1.29 is 31.1 Å². The minimum atomic E-state index is -5.52. The second-order valence-corrected chi connectivity index (χ2v) is 25.5. The van der Waals surface area contributed by atoms with Gasteiger partial charge in [-0.15, -0.1) is 0 Å². The van der Waals surface area contributed by atoms with Gasteiger partial charge in [-0.1, -0.05) is 692 Å². The van der Waals surface area contributed by atoms with Crippen molar-refractivity contribution in [2.75, 3.05) is 0 Å². The third-order valence-corrected chi connectivity index (χ3v) is 17.6. The topological polar surface area (TPSA) is 22.1 Å². The van der Waals surface area contributed by atoms with E-state index in [1.165, 1.54) is 89.0 Å². The molecule has 1 heterocycles. The van der Waals surface area contributed by atoms with E-state index in [9.17, 15) is 26.3 Å². The van der Waals surface area contributed by atoms with Crippen LogP contribution in [0.5, 0.6) is 11.5 Å². The molecule has 0 atom stereocenters. The zero-order chi connectivity index (χ0) is 115. The first-order valence-electron chi connectivity index (χ1n) is 55.0. The van der Waals surface area contributed by atoms with Crippen molar-refractivity contribution in [1.29, 1.82) is 0 Å². The Morgan fingerprint density at radius 2 is 0.309 bits per heavy atom. The number of rotatable bonds is 9. The molecule has 18 aromatic rings. The predicted octanol–water partition coefficient (Wildman–Crippen LogP) is 48.3. The lowest BCUT2D eigenvalue weighted by Gasteiger charge is -2.38. The smallest absolute Gasteiger partial charge is 0.411 e. The van der Waals surface area contributed by atoms with Gasteiger partial charge >= 0.3 is 12.4 Å². The van der Waals surface area contributed by atoms with Crippen LogP contribution in [0.3, 0.4) is 0 Å². The zero-order valence-electron chi connectivity index (χ0n) is 98.3. The van der Waals surface area contributed by atoms with E-state index in [0.29, 0.717) is 0 Å². The van der Waals surface area contributed by atoms with Gasteiger partial charge in [0.1, 0.15) is 11.5 Å². The van der Waals surface area contributed by atoms with Crippen LogP contribution in [0.25, 0.3) is 65.7 Å². The van der Waals surface area contributed by atoms with Crippen molar-refractivity contribution in [3.8, 4) is 44.9 Å². The maximum atomic E-state index is 13.5. The molecule has 0 saturated carbocycles. The average molecular weight is 2030 g/mol. The normalized spacial score (nSPS) is 8.63. The van der Waals surface area contributed by atoms with Crippen LogP contribution in [0.15, 0.2) is 504 Å². The van der Waals surface area contributed by atoms with E-state index in [1.807, 2.05) is 389 Å². The summed E-state index contributed by atoms with van der Waals surface area (Å²) in [5.74, 6) is 1.74. The van der Waals surface area contributed by atoms with Crippen LogP contribution in [0, 0.1) is 0 Å². The van der Waals surface area contributed by atoms with Crippen molar-refractivity contribution in [2.45, 2.75) is 273 Å². The Morgan fingerprint density at radius 3 is 0.483 bits per heavy atom. The Balaban J connectivity index is -0.000000206. The number of aromatic nitrogens is 1. The molecule has 0 radical (unpaired) electrons. The third kappa shape index (κ3) is 67.5. The van der Waals surface area contributed by atoms with Gasteiger partial charge in [0.25, 0.3) is 0 Å². The number of hydrogen-bond acceptors (Lipinski definition) is 2. The molecule has 18 rings (SSSR count). The molecule has 8 heteroatoms. The Morgan fingerprint density at radius 1 is 0.161 bits per heavy atom. The van der Waals surface area contributed by atoms with Gasteiger partial charge in [0.2, 0.25) is 5.41 Å². The fourth-order valence-electron chi connectivity index (χ4n) is 12.0. The molecule has 0 aliphatic carbocycles. The molecule has 149 heavy (non-hydrogen) atoms. The van der Waals surface area contributed by atoms with Crippen LogP contribution < -0.4 is 4.74 Å². The summed E-state index contributed by atoms with van der Waals surface area (Å²) < 4.78 is 86.7. The molecule has 0 fully saturated rings. The molecular formula is C141H193F6NO. The summed E-state index contributed by atoms with van der Waals surface area (Å²) in [7, 11) is 0. The van der Waals surface area contributed by atoms with Crippen LogP contribution in [-0.4, -0.2) is 17.3 Å². The first-order chi connectivity index (χ1) is 73.4. The van der Waals surface area contributed by atoms with Crippen molar-refractivity contribution in [1.82, 2.24) is 4.98 Å². The number of fused-ring (bicyclic) bond motifs is 3. The molecule has 1 aromatic heterocycles. The molecule has 0 unspecified atom stereocenters. The number of alkyl halides is 6. The molecule has 0 saturated heterocycles. The second kappa shape index (κ2) is 114. The largest absolute Gasteiger partial charge is 0.457 e. The molecule has 810 valence electrons. The van der Waals surface area contributed by atoms with Gasteiger partial charge in [-0.2, -0.15) is 26.3 Å². The van der Waals surface area contributed by atoms with E-state index in [4.69, 9.17) is 4.74 Å². The van der Waals surface area contributed by atoms with Gasteiger partial charge in [0.05, 0.1) is 0 Å².